The third kappa shape index (κ3) is 4.75. The second-order valence-corrected chi connectivity index (χ2v) is 6.60. The normalized spacial score (nSPS) is 14.6. The number of guanidine groups is 1. The summed E-state index contributed by atoms with van der Waals surface area (Å²) in [6.45, 7) is 4.20. The predicted molar refractivity (Wildman–Crippen MR) is 102 cm³/mol. The Hall–Kier alpha value is -2.50. The summed E-state index contributed by atoms with van der Waals surface area (Å²) >= 11 is 0. The number of aromatic nitrogens is 1. The summed E-state index contributed by atoms with van der Waals surface area (Å²) in [5.74, 6) is 1.20. The van der Waals surface area contributed by atoms with Crippen LogP contribution in [0.1, 0.15) is 24.0 Å². The number of fused-ring (bicyclic) bond motifs is 1. The quantitative estimate of drug-likeness (QED) is 0.352. The molecule has 0 spiro atoms. The molecule has 1 aromatic carbocycles. The van der Waals surface area contributed by atoms with Crippen LogP contribution < -0.4 is 16.0 Å². The Labute approximate surface area is 148 Å². The third-order valence-electron chi connectivity index (χ3n) is 4.50. The number of nitrogens with zero attached hydrogens (tertiary/aromatic N) is 1. The fraction of sp³-hybridized carbons (Fsp3) is 0.474. The molecule has 1 aliphatic carbocycles. The number of carbonyl (C=O) groups is 1. The maximum atomic E-state index is 11.6. The first-order chi connectivity index (χ1) is 12.2. The number of hydrogen-bond acceptors (Lipinski definition) is 2. The van der Waals surface area contributed by atoms with E-state index in [0.29, 0.717) is 13.1 Å². The lowest BCUT2D eigenvalue weighted by atomic mass is 10.1. The summed E-state index contributed by atoms with van der Waals surface area (Å²) in [6.07, 6.45) is 5.07. The second kappa shape index (κ2) is 8.05. The number of amides is 1. The number of rotatable bonds is 7. The summed E-state index contributed by atoms with van der Waals surface area (Å²) in [4.78, 5) is 19.1. The van der Waals surface area contributed by atoms with Gasteiger partial charge in [0.25, 0.3) is 0 Å². The van der Waals surface area contributed by atoms with E-state index in [1.807, 2.05) is 0 Å². The van der Waals surface area contributed by atoms with Gasteiger partial charge in [0.15, 0.2) is 5.96 Å². The van der Waals surface area contributed by atoms with E-state index in [-0.39, 0.29) is 11.8 Å². The zero-order chi connectivity index (χ0) is 17.6. The Kier molecular flexibility index (Phi) is 5.58. The van der Waals surface area contributed by atoms with E-state index in [9.17, 15) is 4.79 Å². The van der Waals surface area contributed by atoms with Crippen LogP contribution in [0.15, 0.2) is 29.4 Å². The van der Waals surface area contributed by atoms with Crippen molar-refractivity contribution in [3.05, 3.63) is 35.5 Å². The van der Waals surface area contributed by atoms with Crippen LogP contribution in [0.25, 0.3) is 10.9 Å². The van der Waals surface area contributed by atoms with Crippen molar-refractivity contribution in [1.29, 1.82) is 0 Å². The lowest BCUT2D eigenvalue weighted by Crippen LogP contribution is -2.42. The topological polar surface area (TPSA) is 81.3 Å². The van der Waals surface area contributed by atoms with Crippen LogP contribution >= 0.6 is 0 Å². The number of benzene rings is 1. The molecule has 1 aromatic heterocycles. The number of nitrogens with one attached hydrogen (secondary N) is 4. The largest absolute Gasteiger partial charge is 0.361 e. The monoisotopic (exact) mass is 341 g/mol. The molecule has 1 amide bonds. The molecule has 134 valence electrons. The Bertz CT molecular complexity index is 760. The van der Waals surface area contributed by atoms with E-state index in [0.717, 1.165) is 31.8 Å². The summed E-state index contributed by atoms with van der Waals surface area (Å²) in [7, 11) is 1.76. The average Bonchev–Trinajstić information content (AvgIpc) is 3.39. The number of aryl methyl sites for hydroxylation is 1. The zero-order valence-electron chi connectivity index (χ0n) is 15.0. The fourth-order valence-electron chi connectivity index (χ4n) is 2.90. The van der Waals surface area contributed by atoms with Crippen molar-refractivity contribution in [1.82, 2.24) is 20.9 Å². The van der Waals surface area contributed by atoms with Gasteiger partial charge in [-0.15, -0.1) is 0 Å². The highest BCUT2D eigenvalue weighted by atomic mass is 16.2. The van der Waals surface area contributed by atoms with E-state index in [4.69, 9.17) is 0 Å². The molecule has 25 heavy (non-hydrogen) atoms. The lowest BCUT2D eigenvalue weighted by Gasteiger charge is -2.12. The minimum Gasteiger partial charge on any atom is -0.361 e. The molecule has 3 rings (SSSR count). The number of hydrogen-bond donors (Lipinski definition) is 4. The van der Waals surface area contributed by atoms with Crippen molar-refractivity contribution in [3.8, 4) is 0 Å². The minimum atomic E-state index is 0.180. The van der Waals surface area contributed by atoms with Crippen molar-refractivity contribution in [3.63, 3.8) is 0 Å². The van der Waals surface area contributed by atoms with Crippen LogP contribution in [0.5, 0.6) is 0 Å². The van der Waals surface area contributed by atoms with Gasteiger partial charge in [0.1, 0.15) is 0 Å². The van der Waals surface area contributed by atoms with Gasteiger partial charge in [0.2, 0.25) is 5.91 Å². The standard InChI is InChI=1S/C19H27N5O/c1-13-3-6-16-15(12-24-17(16)11-13)7-8-22-19(20-2)23-10-9-21-18(25)14-4-5-14/h3,6,11-12,14,24H,4-5,7-10H2,1-2H3,(H,21,25)(H2,20,22,23). The molecule has 1 heterocycles. The van der Waals surface area contributed by atoms with Crippen molar-refractivity contribution in [2.24, 2.45) is 10.9 Å². The highest BCUT2D eigenvalue weighted by Crippen LogP contribution is 2.28. The molecule has 1 fully saturated rings. The zero-order valence-corrected chi connectivity index (χ0v) is 15.0. The Morgan fingerprint density at radius 1 is 1.20 bits per heavy atom. The fourth-order valence-corrected chi connectivity index (χ4v) is 2.90. The van der Waals surface area contributed by atoms with E-state index in [2.05, 4.69) is 57.2 Å². The van der Waals surface area contributed by atoms with E-state index < -0.39 is 0 Å². The summed E-state index contributed by atoms with van der Waals surface area (Å²) < 4.78 is 0. The maximum absolute atomic E-state index is 11.6. The van der Waals surface area contributed by atoms with Crippen molar-refractivity contribution in [2.45, 2.75) is 26.2 Å². The molecular weight excluding hydrogens is 314 g/mol. The van der Waals surface area contributed by atoms with Crippen LogP contribution in [0.3, 0.4) is 0 Å². The number of H-pyrrole nitrogens is 1. The number of carbonyl (C=O) groups excluding carboxylic acids is 1. The smallest absolute Gasteiger partial charge is 0.223 e. The van der Waals surface area contributed by atoms with Crippen LogP contribution in [0.2, 0.25) is 0 Å². The first kappa shape index (κ1) is 17.3. The molecule has 0 saturated heterocycles. The first-order valence-corrected chi connectivity index (χ1v) is 8.96. The highest BCUT2D eigenvalue weighted by Gasteiger charge is 2.28. The van der Waals surface area contributed by atoms with E-state index >= 15 is 0 Å². The molecule has 2 aromatic rings. The molecule has 0 atom stereocenters. The van der Waals surface area contributed by atoms with Crippen molar-refractivity contribution < 1.29 is 4.79 Å². The van der Waals surface area contributed by atoms with Gasteiger partial charge in [-0.3, -0.25) is 9.79 Å². The Morgan fingerprint density at radius 2 is 1.96 bits per heavy atom. The molecule has 0 unspecified atom stereocenters. The minimum absolute atomic E-state index is 0.180. The molecule has 0 aliphatic heterocycles. The summed E-state index contributed by atoms with van der Waals surface area (Å²) in [5.41, 5.74) is 3.75. The molecule has 1 aliphatic rings. The van der Waals surface area contributed by atoms with Crippen LogP contribution in [-0.4, -0.2) is 43.5 Å². The molecule has 6 nitrogen and oxygen atoms in total. The average molecular weight is 341 g/mol. The van der Waals surface area contributed by atoms with Crippen molar-refractivity contribution >= 4 is 22.8 Å². The van der Waals surface area contributed by atoms with E-state index in [1.165, 1.54) is 22.0 Å². The van der Waals surface area contributed by atoms with Gasteiger partial charge in [-0.05, 0) is 43.4 Å². The van der Waals surface area contributed by atoms with Crippen LogP contribution in [0, 0.1) is 12.8 Å². The summed E-state index contributed by atoms with van der Waals surface area (Å²) in [6, 6.07) is 6.48. The van der Waals surface area contributed by atoms with Crippen LogP contribution in [-0.2, 0) is 11.2 Å². The Morgan fingerprint density at radius 3 is 2.72 bits per heavy atom. The molecule has 0 radical (unpaired) electrons. The second-order valence-electron chi connectivity index (χ2n) is 6.60. The molecule has 0 bridgehead atoms. The number of aromatic amines is 1. The van der Waals surface area contributed by atoms with Gasteiger partial charge in [-0.2, -0.15) is 0 Å². The lowest BCUT2D eigenvalue weighted by molar-refractivity contribution is -0.122. The number of aliphatic imine (C=N–C) groups is 1. The van der Waals surface area contributed by atoms with Crippen molar-refractivity contribution in [2.75, 3.05) is 26.7 Å². The summed E-state index contributed by atoms with van der Waals surface area (Å²) in [5, 5.41) is 10.8. The SMILES string of the molecule is CN=C(NCCNC(=O)C1CC1)NCCc1c[nH]c2cc(C)ccc12. The van der Waals surface area contributed by atoms with Gasteiger partial charge in [-0.25, -0.2) is 0 Å². The highest BCUT2D eigenvalue weighted by molar-refractivity contribution is 5.84. The molecular formula is C19H27N5O. The third-order valence-corrected chi connectivity index (χ3v) is 4.50. The van der Waals surface area contributed by atoms with Crippen LogP contribution in [0.4, 0.5) is 0 Å². The van der Waals surface area contributed by atoms with Gasteiger partial charge in [-0.1, -0.05) is 12.1 Å². The van der Waals surface area contributed by atoms with Gasteiger partial charge >= 0.3 is 0 Å². The maximum Gasteiger partial charge on any atom is 0.223 e. The van der Waals surface area contributed by atoms with Gasteiger partial charge in [0.05, 0.1) is 0 Å². The predicted octanol–water partition coefficient (Wildman–Crippen LogP) is 1.71. The molecule has 4 N–H and O–H groups in total. The first-order valence-electron chi connectivity index (χ1n) is 8.96. The molecule has 1 saturated carbocycles. The van der Waals surface area contributed by atoms with Gasteiger partial charge in [0, 0.05) is 49.7 Å². The van der Waals surface area contributed by atoms with Gasteiger partial charge < -0.3 is 20.9 Å². The molecule has 6 heteroatoms. The van der Waals surface area contributed by atoms with E-state index in [1.54, 1.807) is 7.05 Å². The Balaban J connectivity index is 1.39.